The molecule has 0 heterocycles. The Hall–Kier alpha value is -1.31. The zero-order valence-electron chi connectivity index (χ0n) is 7.20. The zero-order valence-corrected chi connectivity index (χ0v) is 7.20. The molecular formula is C10H11O2. The fraction of sp³-hybridized carbons (Fsp3) is 0.300. The van der Waals surface area contributed by atoms with E-state index in [1.54, 1.807) is 13.0 Å². The van der Waals surface area contributed by atoms with Gasteiger partial charge in [-0.25, -0.2) is 0 Å². The van der Waals surface area contributed by atoms with Crippen molar-refractivity contribution in [3.63, 3.8) is 0 Å². The van der Waals surface area contributed by atoms with Gasteiger partial charge in [-0.1, -0.05) is 24.3 Å². The van der Waals surface area contributed by atoms with Crippen molar-refractivity contribution in [2.24, 2.45) is 0 Å². The van der Waals surface area contributed by atoms with Crippen LogP contribution < -0.4 is 0 Å². The first-order valence-electron chi connectivity index (χ1n) is 3.80. The Balaban J connectivity index is 2.78. The molecule has 0 fully saturated rings. The largest absolute Gasteiger partial charge is 0.469 e. The first-order valence-corrected chi connectivity index (χ1v) is 3.80. The summed E-state index contributed by atoms with van der Waals surface area (Å²) in [4.78, 5) is 11.1. The Morgan fingerprint density at radius 2 is 2.33 bits per heavy atom. The average Bonchev–Trinajstić information content (AvgIpc) is 2.17. The summed E-state index contributed by atoms with van der Waals surface area (Å²) in [5.41, 5.74) is 0.865. The summed E-state index contributed by atoms with van der Waals surface area (Å²) >= 11 is 0. The molecule has 0 aromatic heterocycles. The lowest BCUT2D eigenvalue weighted by Crippen LogP contribution is -2.10. The third kappa shape index (κ3) is 1.84. The highest BCUT2D eigenvalue weighted by molar-refractivity contribution is 5.77. The lowest BCUT2D eigenvalue weighted by molar-refractivity contribution is -0.141. The van der Waals surface area contributed by atoms with E-state index in [0.717, 1.165) is 5.56 Å². The summed E-state index contributed by atoms with van der Waals surface area (Å²) in [5, 5.41) is 0. The number of carbonyl (C=O) groups is 1. The maximum Gasteiger partial charge on any atom is 0.312 e. The molecule has 0 spiro atoms. The van der Waals surface area contributed by atoms with Gasteiger partial charge >= 0.3 is 5.97 Å². The first kappa shape index (κ1) is 8.78. The normalized spacial score (nSPS) is 12.2. The third-order valence-corrected chi connectivity index (χ3v) is 1.75. The smallest absolute Gasteiger partial charge is 0.312 e. The Kier molecular flexibility index (Phi) is 2.86. The van der Waals surface area contributed by atoms with Gasteiger partial charge < -0.3 is 4.74 Å². The van der Waals surface area contributed by atoms with Crippen LogP contribution in [0.3, 0.4) is 0 Å². The Morgan fingerprint density at radius 1 is 1.58 bits per heavy atom. The molecule has 1 aromatic carbocycles. The Bertz CT molecular complexity index is 254. The van der Waals surface area contributed by atoms with Gasteiger partial charge in [0.1, 0.15) is 0 Å². The maximum absolute atomic E-state index is 11.1. The quantitative estimate of drug-likeness (QED) is 0.621. The molecular weight excluding hydrogens is 152 g/mol. The standard InChI is InChI=1S/C10H11O2/c1-8(10(11)12-2)9-6-4-3-5-7-9/h3-6,8H,1-2H3. The molecule has 63 valence electrons. The van der Waals surface area contributed by atoms with Crippen LogP contribution in [-0.2, 0) is 9.53 Å². The molecule has 0 aliphatic carbocycles. The van der Waals surface area contributed by atoms with E-state index >= 15 is 0 Å². The minimum Gasteiger partial charge on any atom is -0.469 e. The van der Waals surface area contributed by atoms with E-state index in [4.69, 9.17) is 0 Å². The predicted molar refractivity (Wildman–Crippen MR) is 45.7 cm³/mol. The fourth-order valence-electron chi connectivity index (χ4n) is 0.980. The van der Waals surface area contributed by atoms with Crippen LogP contribution in [0.2, 0.25) is 0 Å². The van der Waals surface area contributed by atoms with Crippen LogP contribution in [0, 0.1) is 6.07 Å². The molecule has 0 aliphatic rings. The summed E-state index contributed by atoms with van der Waals surface area (Å²) in [6.07, 6.45) is 0. The van der Waals surface area contributed by atoms with Crippen molar-refractivity contribution >= 4 is 5.97 Å². The highest BCUT2D eigenvalue weighted by Gasteiger charge is 2.14. The van der Waals surface area contributed by atoms with Gasteiger partial charge in [0, 0.05) is 0 Å². The van der Waals surface area contributed by atoms with Crippen LogP contribution in [0.5, 0.6) is 0 Å². The van der Waals surface area contributed by atoms with E-state index in [0.29, 0.717) is 0 Å². The molecule has 12 heavy (non-hydrogen) atoms. The highest BCUT2D eigenvalue weighted by atomic mass is 16.5. The van der Waals surface area contributed by atoms with Crippen LogP contribution in [-0.4, -0.2) is 13.1 Å². The van der Waals surface area contributed by atoms with Crippen molar-refractivity contribution in [2.75, 3.05) is 7.11 Å². The van der Waals surface area contributed by atoms with Gasteiger partial charge in [0.25, 0.3) is 0 Å². The molecule has 1 radical (unpaired) electrons. The summed E-state index contributed by atoms with van der Waals surface area (Å²) in [5.74, 6) is -0.450. The molecule has 2 nitrogen and oxygen atoms in total. The van der Waals surface area contributed by atoms with Crippen LogP contribution in [0.25, 0.3) is 0 Å². The monoisotopic (exact) mass is 163 g/mol. The van der Waals surface area contributed by atoms with E-state index in [9.17, 15) is 4.79 Å². The van der Waals surface area contributed by atoms with Crippen LogP contribution in [0.1, 0.15) is 18.4 Å². The van der Waals surface area contributed by atoms with E-state index in [1.807, 2.05) is 18.2 Å². The minimum atomic E-state index is -0.226. The summed E-state index contributed by atoms with van der Waals surface area (Å²) in [7, 11) is 1.39. The third-order valence-electron chi connectivity index (χ3n) is 1.75. The second kappa shape index (κ2) is 3.90. The lowest BCUT2D eigenvalue weighted by Gasteiger charge is -2.07. The van der Waals surface area contributed by atoms with E-state index < -0.39 is 0 Å². The fourth-order valence-corrected chi connectivity index (χ4v) is 0.980. The van der Waals surface area contributed by atoms with Gasteiger partial charge in [0.15, 0.2) is 0 Å². The molecule has 2 heteroatoms. The number of ether oxygens (including phenoxy) is 1. The van der Waals surface area contributed by atoms with E-state index in [1.165, 1.54) is 7.11 Å². The van der Waals surface area contributed by atoms with Crippen LogP contribution in [0.4, 0.5) is 0 Å². The average molecular weight is 163 g/mol. The molecule has 0 saturated heterocycles. The second-order valence-electron chi connectivity index (χ2n) is 2.56. The summed E-state index contributed by atoms with van der Waals surface area (Å²) < 4.78 is 4.61. The number of benzene rings is 1. The second-order valence-corrected chi connectivity index (χ2v) is 2.56. The summed E-state index contributed by atoms with van der Waals surface area (Å²) in [6.45, 7) is 1.80. The predicted octanol–water partition coefficient (Wildman–Crippen LogP) is 1.76. The number of hydrogen-bond donors (Lipinski definition) is 0. The van der Waals surface area contributed by atoms with E-state index in [2.05, 4.69) is 10.8 Å². The van der Waals surface area contributed by atoms with Crippen LogP contribution in [0.15, 0.2) is 24.3 Å². The molecule has 0 saturated carbocycles. The molecule has 1 aromatic rings. The molecule has 0 N–H and O–H groups in total. The minimum absolute atomic E-state index is 0.225. The van der Waals surface area contributed by atoms with Crippen molar-refractivity contribution in [1.82, 2.24) is 0 Å². The Morgan fingerprint density at radius 3 is 2.83 bits per heavy atom. The SMILES string of the molecule is COC(=O)C(C)c1[c]cccc1. The zero-order chi connectivity index (χ0) is 8.97. The maximum atomic E-state index is 11.1. The van der Waals surface area contributed by atoms with Gasteiger partial charge in [-0.2, -0.15) is 0 Å². The molecule has 1 unspecified atom stereocenters. The van der Waals surface area contributed by atoms with Gasteiger partial charge in [-0.3, -0.25) is 4.79 Å². The summed E-state index contributed by atoms with van der Waals surface area (Å²) in [6, 6.07) is 10.4. The number of hydrogen-bond acceptors (Lipinski definition) is 2. The molecule has 1 atom stereocenters. The molecule has 0 aliphatic heterocycles. The molecule has 0 amide bonds. The lowest BCUT2D eigenvalue weighted by atomic mass is 10.0. The first-order chi connectivity index (χ1) is 5.75. The highest BCUT2D eigenvalue weighted by Crippen LogP contribution is 2.14. The number of rotatable bonds is 2. The van der Waals surface area contributed by atoms with Crippen molar-refractivity contribution in [2.45, 2.75) is 12.8 Å². The number of methoxy groups -OCH3 is 1. The number of esters is 1. The van der Waals surface area contributed by atoms with E-state index in [-0.39, 0.29) is 11.9 Å². The van der Waals surface area contributed by atoms with Gasteiger partial charge in [-0.05, 0) is 18.6 Å². The topological polar surface area (TPSA) is 26.3 Å². The van der Waals surface area contributed by atoms with Gasteiger partial charge in [0.05, 0.1) is 13.0 Å². The van der Waals surface area contributed by atoms with Crippen molar-refractivity contribution in [3.8, 4) is 0 Å². The number of carbonyl (C=O) groups excluding carboxylic acids is 1. The molecule has 0 bridgehead atoms. The van der Waals surface area contributed by atoms with Crippen molar-refractivity contribution in [3.05, 3.63) is 35.9 Å². The van der Waals surface area contributed by atoms with Gasteiger partial charge in [0.2, 0.25) is 0 Å². The molecule has 1 rings (SSSR count). The van der Waals surface area contributed by atoms with Gasteiger partial charge in [-0.15, -0.1) is 0 Å². The van der Waals surface area contributed by atoms with Crippen LogP contribution >= 0.6 is 0 Å². The van der Waals surface area contributed by atoms with Crippen molar-refractivity contribution in [1.29, 1.82) is 0 Å². The Labute approximate surface area is 72.2 Å². The van der Waals surface area contributed by atoms with Crippen molar-refractivity contribution < 1.29 is 9.53 Å².